The number of hydrogen-bond donors (Lipinski definition) is 0. The lowest BCUT2D eigenvalue weighted by atomic mass is 10.1. The van der Waals surface area contributed by atoms with Crippen LogP contribution in [0.2, 0.25) is 0 Å². The smallest absolute Gasteiger partial charge is 0.341 e. The standard InChI is InChI=1S/C10H8FNO2/c1-2-14-10(13)8-4-3-7(6-12)5-9(8)11/h3-5H,2H2,1H3. The van der Waals surface area contributed by atoms with E-state index in [1.165, 1.54) is 12.1 Å². The van der Waals surface area contributed by atoms with Crippen LogP contribution in [0, 0.1) is 17.1 Å². The molecule has 1 rings (SSSR count). The van der Waals surface area contributed by atoms with E-state index in [1.807, 2.05) is 0 Å². The zero-order valence-electron chi connectivity index (χ0n) is 7.58. The molecule has 0 radical (unpaired) electrons. The summed E-state index contributed by atoms with van der Waals surface area (Å²) in [6, 6.07) is 5.39. The number of rotatable bonds is 2. The highest BCUT2D eigenvalue weighted by Crippen LogP contribution is 2.11. The molecular weight excluding hydrogens is 185 g/mol. The summed E-state index contributed by atoms with van der Waals surface area (Å²) < 4.78 is 17.8. The van der Waals surface area contributed by atoms with Gasteiger partial charge in [-0.3, -0.25) is 0 Å². The van der Waals surface area contributed by atoms with Gasteiger partial charge in [0, 0.05) is 0 Å². The van der Waals surface area contributed by atoms with Crippen LogP contribution in [0.1, 0.15) is 22.8 Å². The summed E-state index contributed by atoms with van der Waals surface area (Å²) in [5.74, 6) is -1.45. The molecule has 0 aliphatic heterocycles. The van der Waals surface area contributed by atoms with Crippen molar-refractivity contribution >= 4 is 5.97 Å². The maximum absolute atomic E-state index is 13.2. The lowest BCUT2D eigenvalue weighted by molar-refractivity contribution is 0.0521. The second-order valence-corrected chi connectivity index (χ2v) is 2.53. The van der Waals surface area contributed by atoms with Crippen LogP contribution in [0.3, 0.4) is 0 Å². The lowest BCUT2D eigenvalue weighted by Gasteiger charge is -2.02. The van der Waals surface area contributed by atoms with Crippen molar-refractivity contribution < 1.29 is 13.9 Å². The highest BCUT2D eigenvalue weighted by Gasteiger charge is 2.12. The van der Waals surface area contributed by atoms with Gasteiger partial charge in [-0.1, -0.05) is 0 Å². The maximum atomic E-state index is 13.2. The first-order valence-electron chi connectivity index (χ1n) is 4.05. The Morgan fingerprint density at radius 3 is 2.86 bits per heavy atom. The Morgan fingerprint density at radius 2 is 2.36 bits per heavy atom. The number of halogens is 1. The van der Waals surface area contributed by atoms with Crippen molar-refractivity contribution in [2.45, 2.75) is 6.92 Å². The molecule has 0 bridgehead atoms. The molecule has 0 saturated heterocycles. The van der Waals surface area contributed by atoms with Gasteiger partial charge in [-0.2, -0.15) is 5.26 Å². The summed E-state index contributed by atoms with van der Waals surface area (Å²) in [5.41, 5.74) is 0.0291. The van der Waals surface area contributed by atoms with Gasteiger partial charge in [0.1, 0.15) is 5.82 Å². The van der Waals surface area contributed by atoms with Crippen LogP contribution >= 0.6 is 0 Å². The minimum absolute atomic E-state index is 0.147. The maximum Gasteiger partial charge on any atom is 0.341 e. The van der Waals surface area contributed by atoms with Gasteiger partial charge in [-0.05, 0) is 25.1 Å². The predicted molar refractivity (Wildman–Crippen MR) is 47.1 cm³/mol. The van der Waals surface area contributed by atoms with Crippen molar-refractivity contribution in [2.75, 3.05) is 6.61 Å². The quantitative estimate of drug-likeness (QED) is 0.673. The highest BCUT2D eigenvalue weighted by molar-refractivity contribution is 5.89. The summed E-state index contributed by atoms with van der Waals surface area (Å²) in [6.07, 6.45) is 0. The first-order valence-corrected chi connectivity index (χ1v) is 4.05. The van der Waals surface area contributed by atoms with Crippen LogP contribution in [0.25, 0.3) is 0 Å². The molecule has 0 aliphatic carbocycles. The van der Waals surface area contributed by atoms with E-state index in [1.54, 1.807) is 13.0 Å². The van der Waals surface area contributed by atoms with Gasteiger partial charge in [0.15, 0.2) is 0 Å². The van der Waals surface area contributed by atoms with Crippen LogP contribution in [0.4, 0.5) is 4.39 Å². The van der Waals surface area contributed by atoms with Crippen LogP contribution in [-0.2, 0) is 4.74 Å². The summed E-state index contributed by atoms with van der Waals surface area (Å²) in [6.45, 7) is 1.83. The van der Waals surface area contributed by atoms with Crippen molar-refractivity contribution in [3.8, 4) is 6.07 Å². The topological polar surface area (TPSA) is 50.1 Å². The van der Waals surface area contributed by atoms with E-state index in [0.29, 0.717) is 0 Å². The van der Waals surface area contributed by atoms with Gasteiger partial charge in [-0.25, -0.2) is 9.18 Å². The van der Waals surface area contributed by atoms with Crippen LogP contribution < -0.4 is 0 Å². The highest BCUT2D eigenvalue weighted by atomic mass is 19.1. The monoisotopic (exact) mass is 193 g/mol. The fourth-order valence-corrected chi connectivity index (χ4v) is 0.959. The van der Waals surface area contributed by atoms with Crippen molar-refractivity contribution in [1.82, 2.24) is 0 Å². The fraction of sp³-hybridized carbons (Fsp3) is 0.200. The summed E-state index contributed by atoms with van der Waals surface area (Å²) in [4.78, 5) is 11.1. The zero-order valence-corrected chi connectivity index (χ0v) is 7.58. The lowest BCUT2D eigenvalue weighted by Crippen LogP contribution is -2.07. The summed E-state index contributed by atoms with van der Waals surface area (Å²) in [7, 11) is 0. The Bertz CT molecular complexity index is 396. The molecular formula is C10H8FNO2. The van der Waals surface area contributed by atoms with Gasteiger partial charge in [0.05, 0.1) is 23.8 Å². The Morgan fingerprint density at radius 1 is 1.64 bits per heavy atom. The van der Waals surface area contributed by atoms with Crippen molar-refractivity contribution in [3.63, 3.8) is 0 Å². The Balaban J connectivity index is 3.01. The predicted octanol–water partition coefficient (Wildman–Crippen LogP) is 1.87. The normalized spacial score (nSPS) is 9.21. The van der Waals surface area contributed by atoms with E-state index in [0.717, 1.165) is 6.07 Å². The van der Waals surface area contributed by atoms with E-state index in [9.17, 15) is 9.18 Å². The zero-order chi connectivity index (χ0) is 10.6. The van der Waals surface area contributed by atoms with Crippen LogP contribution in [0.15, 0.2) is 18.2 Å². The molecule has 0 spiro atoms. The second kappa shape index (κ2) is 4.38. The average molecular weight is 193 g/mol. The summed E-state index contributed by atoms with van der Waals surface area (Å²) >= 11 is 0. The average Bonchev–Trinajstić information content (AvgIpc) is 2.17. The Labute approximate surface area is 80.7 Å². The second-order valence-electron chi connectivity index (χ2n) is 2.53. The molecule has 0 atom stereocenters. The molecule has 3 nitrogen and oxygen atoms in total. The van der Waals surface area contributed by atoms with Gasteiger partial charge in [0.2, 0.25) is 0 Å². The van der Waals surface area contributed by atoms with Crippen LogP contribution in [0.5, 0.6) is 0 Å². The molecule has 1 aromatic rings. The molecule has 14 heavy (non-hydrogen) atoms. The minimum atomic E-state index is -0.734. The van der Waals surface area contributed by atoms with E-state index >= 15 is 0 Å². The number of carbonyl (C=O) groups excluding carboxylic acids is 1. The van der Waals surface area contributed by atoms with Crippen molar-refractivity contribution in [1.29, 1.82) is 5.26 Å². The van der Waals surface area contributed by atoms with Crippen molar-refractivity contribution in [3.05, 3.63) is 35.1 Å². The molecule has 0 aromatic heterocycles. The Kier molecular flexibility index (Phi) is 3.19. The number of esters is 1. The molecule has 0 heterocycles. The molecule has 0 saturated carbocycles. The van der Waals surface area contributed by atoms with E-state index in [-0.39, 0.29) is 17.7 Å². The van der Waals surface area contributed by atoms with E-state index in [2.05, 4.69) is 4.74 Å². The largest absolute Gasteiger partial charge is 0.462 e. The Hall–Kier alpha value is -1.89. The fourth-order valence-electron chi connectivity index (χ4n) is 0.959. The number of ether oxygens (including phenoxy) is 1. The molecule has 0 fully saturated rings. The molecule has 0 amide bonds. The SMILES string of the molecule is CCOC(=O)c1ccc(C#N)cc1F. The first kappa shape index (κ1) is 10.2. The third-order valence-corrected chi connectivity index (χ3v) is 1.59. The van der Waals surface area contributed by atoms with Gasteiger partial charge >= 0.3 is 5.97 Å². The number of carbonyl (C=O) groups is 1. The molecule has 1 aromatic carbocycles. The van der Waals surface area contributed by atoms with Gasteiger partial charge in [0.25, 0.3) is 0 Å². The van der Waals surface area contributed by atoms with Gasteiger partial charge in [-0.15, -0.1) is 0 Å². The molecule has 0 unspecified atom stereocenters. The third kappa shape index (κ3) is 2.07. The number of benzene rings is 1. The van der Waals surface area contributed by atoms with E-state index < -0.39 is 11.8 Å². The third-order valence-electron chi connectivity index (χ3n) is 1.59. The number of nitrogens with zero attached hydrogens (tertiary/aromatic N) is 1. The molecule has 4 heteroatoms. The molecule has 0 N–H and O–H groups in total. The summed E-state index contributed by atoms with van der Waals surface area (Å²) in [5, 5.41) is 8.46. The first-order chi connectivity index (χ1) is 6.69. The minimum Gasteiger partial charge on any atom is -0.462 e. The number of hydrogen-bond acceptors (Lipinski definition) is 3. The number of nitriles is 1. The van der Waals surface area contributed by atoms with E-state index in [4.69, 9.17) is 5.26 Å². The van der Waals surface area contributed by atoms with Crippen molar-refractivity contribution in [2.24, 2.45) is 0 Å². The van der Waals surface area contributed by atoms with Crippen LogP contribution in [-0.4, -0.2) is 12.6 Å². The van der Waals surface area contributed by atoms with Gasteiger partial charge < -0.3 is 4.74 Å². The molecule has 0 aliphatic rings. The molecule has 72 valence electrons.